The predicted molar refractivity (Wildman–Crippen MR) is 114 cm³/mol. The molecule has 152 valence electrons. The van der Waals surface area contributed by atoms with Crippen LogP contribution in [0, 0.1) is 11.8 Å². The highest BCUT2D eigenvalue weighted by Gasteiger charge is 2.24. The van der Waals surface area contributed by atoms with Crippen LogP contribution < -0.4 is 10.6 Å². The van der Waals surface area contributed by atoms with Gasteiger partial charge in [-0.15, -0.1) is 12.4 Å². The molecule has 2 unspecified atom stereocenters. The second-order valence-electron chi connectivity index (χ2n) is 8.55. The van der Waals surface area contributed by atoms with Gasteiger partial charge in [0.05, 0.1) is 6.04 Å². The maximum absolute atomic E-state index is 12.2. The zero-order chi connectivity index (χ0) is 18.4. The molecule has 0 aliphatic carbocycles. The van der Waals surface area contributed by atoms with E-state index in [-0.39, 0.29) is 24.4 Å². The lowest BCUT2D eigenvalue weighted by Crippen LogP contribution is -2.45. The first-order valence-electron chi connectivity index (χ1n) is 10.4. The van der Waals surface area contributed by atoms with Crippen LogP contribution in [-0.2, 0) is 17.8 Å². The van der Waals surface area contributed by atoms with Crippen molar-refractivity contribution in [2.24, 2.45) is 11.8 Å². The lowest BCUT2D eigenvalue weighted by molar-refractivity contribution is -0.123. The minimum absolute atomic E-state index is 0. The van der Waals surface area contributed by atoms with E-state index in [1.807, 2.05) is 0 Å². The van der Waals surface area contributed by atoms with E-state index in [0.717, 1.165) is 45.4 Å². The fourth-order valence-electron chi connectivity index (χ4n) is 4.25. The number of carbonyl (C=O) groups excluding carboxylic acids is 1. The van der Waals surface area contributed by atoms with Crippen molar-refractivity contribution in [2.45, 2.75) is 58.5 Å². The van der Waals surface area contributed by atoms with Crippen LogP contribution in [-0.4, -0.2) is 43.0 Å². The van der Waals surface area contributed by atoms with E-state index >= 15 is 0 Å². The van der Waals surface area contributed by atoms with Crippen LogP contribution in [0.25, 0.3) is 0 Å². The van der Waals surface area contributed by atoms with Crippen LogP contribution in [0.2, 0.25) is 0 Å². The summed E-state index contributed by atoms with van der Waals surface area (Å²) in [6.45, 7) is 9.61. The van der Waals surface area contributed by atoms with Crippen LogP contribution >= 0.6 is 12.4 Å². The van der Waals surface area contributed by atoms with Crippen molar-refractivity contribution in [1.82, 2.24) is 15.5 Å². The number of nitrogens with one attached hydrogen (secondary N) is 2. The molecule has 2 N–H and O–H groups in total. The molecule has 2 fully saturated rings. The highest BCUT2D eigenvalue weighted by atomic mass is 35.5. The molecule has 1 aromatic carbocycles. The van der Waals surface area contributed by atoms with Gasteiger partial charge >= 0.3 is 0 Å². The van der Waals surface area contributed by atoms with Gasteiger partial charge in [0, 0.05) is 19.6 Å². The molecule has 5 heteroatoms. The van der Waals surface area contributed by atoms with E-state index in [4.69, 9.17) is 0 Å². The first-order valence-corrected chi connectivity index (χ1v) is 10.4. The average Bonchev–Trinajstić information content (AvgIpc) is 3.16. The van der Waals surface area contributed by atoms with E-state index in [1.165, 1.54) is 30.5 Å². The normalized spacial score (nSPS) is 23.2. The van der Waals surface area contributed by atoms with Gasteiger partial charge in [0.1, 0.15) is 0 Å². The molecule has 0 aromatic heterocycles. The molecule has 2 saturated heterocycles. The molecule has 4 nitrogen and oxygen atoms in total. The Morgan fingerprint density at radius 3 is 2.59 bits per heavy atom. The van der Waals surface area contributed by atoms with Crippen LogP contribution in [0.15, 0.2) is 24.3 Å². The molecule has 0 spiro atoms. The van der Waals surface area contributed by atoms with E-state index in [0.29, 0.717) is 11.8 Å². The maximum atomic E-state index is 12.2. The van der Waals surface area contributed by atoms with Crippen LogP contribution in [0.3, 0.4) is 0 Å². The Labute approximate surface area is 170 Å². The average molecular weight is 394 g/mol. The molecular formula is C22H36ClN3O. The van der Waals surface area contributed by atoms with Gasteiger partial charge in [-0.3, -0.25) is 9.69 Å². The Morgan fingerprint density at radius 2 is 1.93 bits per heavy atom. The molecule has 1 amide bonds. The lowest BCUT2D eigenvalue weighted by atomic mass is 9.97. The van der Waals surface area contributed by atoms with Gasteiger partial charge in [-0.05, 0) is 68.2 Å². The number of piperidine rings is 1. The molecule has 0 bridgehead atoms. The van der Waals surface area contributed by atoms with Crippen molar-refractivity contribution < 1.29 is 4.79 Å². The van der Waals surface area contributed by atoms with Crippen molar-refractivity contribution in [3.8, 4) is 0 Å². The summed E-state index contributed by atoms with van der Waals surface area (Å²) in [7, 11) is 0. The highest BCUT2D eigenvalue weighted by molar-refractivity contribution is 5.85. The van der Waals surface area contributed by atoms with Crippen molar-refractivity contribution in [2.75, 3.05) is 26.2 Å². The standard InChI is InChI=1S/C22H35N3O.ClH/c1-17(2)13-18-7-9-19(10-8-18)15-25-12-4-5-20(16-25)14-24-22(26)21-6-3-11-23-21;/h7-10,17,20-21,23H,3-6,11-16H2,1-2H3,(H,24,26);1H. The smallest absolute Gasteiger partial charge is 0.237 e. The molecule has 2 heterocycles. The molecular weight excluding hydrogens is 358 g/mol. The van der Waals surface area contributed by atoms with Crippen LogP contribution in [0.4, 0.5) is 0 Å². The predicted octanol–water partition coefficient (Wildman–Crippen LogP) is 3.39. The molecule has 2 atom stereocenters. The van der Waals surface area contributed by atoms with Crippen LogP contribution in [0.1, 0.15) is 50.7 Å². The summed E-state index contributed by atoms with van der Waals surface area (Å²) in [6, 6.07) is 9.18. The Morgan fingerprint density at radius 1 is 1.19 bits per heavy atom. The highest BCUT2D eigenvalue weighted by Crippen LogP contribution is 2.19. The summed E-state index contributed by atoms with van der Waals surface area (Å²) < 4.78 is 0. The van der Waals surface area contributed by atoms with Gasteiger partial charge in [0.25, 0.3) is 0 Å². The third-order valence-corrected chi connectivity index (χ3v) is 5.62. The van der Waals surface area contributed by atoms with Gasteiger partial charge in [0.2, 0.25) is 5.91 Å². The van der Waals surface area contributed by atoms with Crippen molar-refractivity contribution in [3.05, 3.63) is 35.4 Å². The number of rotatable bonds is 7. The fourth-order valence-corrected chi connectivity index (χ4v) is 4.25. The zero-order valence-corrected chi connectivity index (χ0v) is 17.7. The Kier molecular flexibility index (Phi) is 9.07. The third kappa shape index (κ3) is 7.10. The molecule has 2 aliphatic rings. The number of hydrogen-bond donors (Lipinski definition) is 2. The number of amides is 1. The summed E-state index contributed by atoms with van der Waals surface area (Å²) in [5.74, 6) is 1.48. The summed E-state index contributed by atoms with van der Waals surface area (Å²) in [4.78, 5) is 14.7. The topological polar surface area (TPSA) is 44.4 Å². The number of halogens is 1. The quantitative estimate of drug-likeness (QED) is 0.746. The van der Waals surface area contributed by atoms with Crippen molar-refractivity contribution >= 4 is 18.3 Å². The largest absolute Gasteiger partial charge is 0.354 e. The first kappa shape index (κ1) is 22.2. The Hall–Kier alpha value is -1.10. The summed E-state index contributed by atoms with van der Waals surface area (Å²) in [6.07, 6.45) is 5.71. The second kappa shape index (κ2) is 11.0. The molecule has 27 heavy (non-hydrogen) atoms. The minimum atomic E-state index is 0. The van der Waals surface area contributed by atoms with Crippen molar-refractivity contribution in [1.29, 1.82) is 0 Å². The van der Waals surface area contributed by atoms with Gasteiger partial charge < -0.3 is 10.6 Å². The fraction of sp³-hybridized carbons (Fsp3) is 0.682. The molecule has 2 aliphatic heterocycles. The van der Waals surface area contributed by atoms with E-state index < -0.39 is 0 Å². The molecule has 0 radical (unpaired) electrons. The SMILES string of the molecule is CC(C)Cc1ccc(CN2CCCC(CNC(=O)C3CCCN3)C2)cc1.Cl. The van der Waals surface area contributed by atoms with E-state index in [1.54, 1.807) is 0 Å². The van der Waals surface area contributed by atoms with Gasteiger partial charge in [-0.25, -0.2) is 0 Å². The first-order chi connectivity index (χ1) is 12.6. The zero-order valence-electron chi connectivity index (χ0n) is 16.9. The van der Waals surface area contributed by atoms with Crippen molar-refractivity contribution in [3.63, 3.8) is 0 Å². The minimum Gasteiger partial charge on any atom is -0.354 e. The maximum Gasteiger partial charge on any atom is 0.237 e. The van der Waals surface area contributed by atoms with Gasteiger partial charge in [0.15, 0.2) is 0 Å². The van der Waals surface area contributed by atoms with E-state index in [9.17, 15) is 4.79 Å². The Bertz CT molecular complexity index is 569. The molecule has 1 aromatic rings. The van der Waals surface area contributed by atoms with Crippen LogP contribution in [0.5, 0.6) is 0 Å². The number of likely N-dealkylation sites (tertiary alicyclic amines) is 1. The molecule has 3 rings (SSSR count). The Balaban J connectivity index is 0.00000261. The third-order valence-electron chi connectivity index (χ3n) is 5.62. The summed E-state index contributed by atoms with van der Waals surface area (Å²) in [5.41, 5.74) is 2.83. The van der Waals surface area contributed by atoms with Gasteiger partial charge in [-0.2, -0.15) is 0 Å². The summed E-state index contributed by atoms with van der Waals surface area (Å²) in [5, 5.41) is 6.46. The number of nitrogens with zero attached hydrogens (tertiary/aromatic N) is 1. The van der Waals surface area contributed by atoms with E-state index in [2.05, 4.69) is 53.6 Å². The second-order valence-corrected chi connectivity index (χ2v) is 8.55. The monoisotopic (exact) mass is 393 g/mol. The number of carbonyl (C=O) groups is 1. The number of benzene rings is 1. The molecule has 0 saturated carbocycles. The van der Waals surface area contributed by atoms with Gasteiger partial charge in [-0.1, -0.05) is 38.1 Å². The number of hydrogen-bond acceptors (Lipinski definition) is 3. The summed E-state index contributed by atoms with van der Waals surface area (Å²) >= 11 is 0. The lowest BCUT2D eigenvalue weighted by Gasteiger charge is -2.33.